The van der Waals surface area contributed by atoms with Crippen molar-refractivity contribution in [3.05, 3.63) is 18.0 Å². The summed E-state index contributed by atoms with van der Waals surface area (Å²) in [5.41, 5.74) is 0. The second kappa shape index (κ2) is 5.64. The Balaban J connectivity index is 2.60. The van der Waals surface area contributed by atoms with Gasteiger partial charge in [0.1, 0.15) is 12.2 Å². The zero-order valence-electron chi connectivity index (χ0n) is 11.6. The van der Waals surface area contributed by atoms with Gasteiger partial charge in [-0.3, -0.25) is 0 Å². The van der Waals surface area contributed by atoms with Crippen molar-refractivity contribution in [2.45, 2.75) is 26.7 Å². The van der Waals surface area contributed by atoms with Gasteiger partial charge in [0.05, 0.1) is 7.11 Å². The van der Waals surface area contributed by atoms with Gasteiger partial charge >= 0.3 is 0 Å². The zero-order chi connectivity index (χ0) is 13.8. The predicted octanol–water partition coefficient (Wildman–Crippen LogP) is 1.23. The molecule has 0 aliphatic carbocycles. The number of ether oxygens (including phenoxy) is 1. The van der Waals surface area contributed by atoms with Crippen LogP contribution >= 0.6 is 0 Å². The first-order chi connectivity index (χ1) is 9.24. The number of aromatic nitrogens is 5. The lowest BCUT2D eigenvalue weighted by atomic mass is 10.4. The molecule has 0 amide bonds. The van der Waals surface area contributed by atoms with Crippen molar-refractivity contribution < 1.29 is 4.74 Å². The standard InChI is InChI=1S/C12H18N6O/c1-5-8-16-9(6-2)18(17-8)12-10(19-4)11(13-3)14-7-15-12/h7H,5-6H2,1-4H3,(H,13,14,15). The van der Waals surface area contributed by atoms with Gasteiger partial charge in [-0.25, -0.2) is 15.0 Å². The van der Waals surface area contributed by atoms with Crippen molar-refractivity contribution in [2.75, 3.05) is 19.5 Å². The number of aryl methyl sites for hydroxylation is 2. The van der Waals surface area contributed by atoms with Crippen LogP contribution in [0, 0.1) is 0 Å². The highest BCUT2D eigenvalue weighted by Crippen LogP contribution is 2.27. The Kier molecular flexibility index (Phi) is 3.94. The van der Waals surface area contributed by atoms with Crippen LogP contribution in [0.2, 0.25) is 0 Å². The normalized spacial score (nSPS) is 10.5. The molecule has 0 aliphatic rings. The summed E-state index contributed by atoms with van der Waals surface area (Å²) in [6.07, 6.45) is 3.04. The van der Waals surface area contributed by atoms with Gasteiger partial charge in [0, 0.05) is 19.9 Å². The van der Waals surface area contributed by atoms with Crippen LogP contribution in [0.15, 0.2) is 6.33 Å². The molecule has 2 heterocycles. The number of nitrogens with one attached hydrogen (secondary N) is 1. The van der Waals surface area contributed by atoms with Crippen LogP contribution in [0.1, 0.15) is 25.5 Å². The minimum absolute atomic E-state index is 0.562. The smallest absolute Gasteiger partial charge is 0.206 e. The number of nitrogens with zero attached hydrogens (tertiary/aromatic N) is 5. The molecule has 1 N–H and O–H groups in total. The summed E-state index contributed by atoms with van der Waals surface area (Å²) < 4.78 is 7.11. The highest BCUT2D eigenvalue weighted by atomic mass is 16.5. The molecular formula is C12H18N6O. The van der Waals surface area contributed by atoms with E-state index in [1.165, 1.54) is 6.33 Å². The maximum atomic E-state index is 5.39. The fourth-order valence-electron chi connectivity index (χ4n) is 1.82. The van der Waals surface area contributed by atoms with E-state index in [0.29, 0.717) is 17.4 Å². The molecule has 2 rings (SSSR count). The van der Waals surface area contributed by atoms with Crippen molar-refractivity contribution >= 4 is 5.82 Å². The lowest BCUT2D eigenvalue weighted by Gasteiger charge is -2.11. The Labute approximate surface area is 112 Å². The molecule has 0 saturated carbocycles. The first-order valence-corrected chi connectivity index (χ1v) is 6.27. The summed E-state index contributed by atoms with van der Waals surface area (Å²) in [5, 5.41) is 7.44. The summed E-state index contributed by atoms with van der Waals surface area (Å²) >= 11 is 0. The SMILES string of the molecule is CCc1nc(CC)n(-c2ncnc(NC)c2OC)n1. The van der Waals surface area contributed by atoms with Crippen molar-refractivity contribution in [2.24, 2.45) is 0 Å². The third kappa shape index (κ3) is 2.35. The number of anilines is 1. The summed E-state index contributed by atoms with van der Waals surface area (Å²) in [6.45, 7) is 4.06. The molecule has 0 aromatic carbocycles. The van der Waals surface area contributed by atoms with Gasteiger partial charge in [0.15, 0.2) is 11.6 Å². The molecule has 2 aromatic rings. The first-order valence-electron chi connectivity index (χ1n) is 6.27. The van der Waals surface area contributed by atoms with Crippen molar-refractivity contribution in [3.8, 4) is 11.6 Å². The molecule has 102 valence electrons. The zero-order valence-corrected chi connectivity index (χ0v) is 11.6. The van der Waals surface area contributed by atoms with Crippen molar-refractivity contribution in [3.63, 3.8) is 0 Å². The quantitative estimate of drug-likeness (QED) is 0.873. The third-order valence-corrected chi connectivity index (χ3v) is 2.78. The van der Waals surface area contributed by atoms with E-state index in [-0.39, 0.29) is 0 Å². The minimum atomic E-state index is 0.562. The molecule has 0 unspecified atom stereocenters. The van der Waals surface area contributed by atoms with E-state index < -0.39 is 0 Å². The topological polar surface area (TPSA) is 77.8 Å². The molecule has 0 radical (unpaired) electrons. The highest BCUT2D eigenvalue weighted by molar-refractivity contribution is 5.57. The monoisotopic (exact) mass is 262 g/mol. The highest BCUT2D eigenvalue weighted by Gasteiger charge is 2.17. The van der Waals surface area contributed by atoms with Gasteiger partial charge in [-0.05, 0) is 0 Å². The average molecular weight is 262 g/mol. The number of methoxy groups -OCH3 is 1. The van der Waals surface area contributed by atoms with Gasteiger partial charge in [0.2, 0.25) is 11.6 Å². The summed E-state index contributed by atoms with van der Waals surface area (Å²) in [4.78, 5) is 12.9. The second-order valence-corrected chi connectivity index (χ2v) is 3.89. The molecule has 0 saturated heterocycles. The van der Waals surface area contributed by atoms with E-state index in [1.807, 2.05) is 13.8 Å². The van der Waals surface area contributed by atoms with Gasteiger partial charge in [0.25, 0.3) is 0 Å². The van der Waals surface area contributed by atoms with Crippen LogP contribution in [-0.4, -0.2) is 38.9 Å². The summed E-state index contributed by atoms with van der Waals surface area (Å²) in [5.74, 6) is 3.45. The van der Waals surface area contributed by atoms with Crippen LogP contribution < -0.4 is 10.1 Å². The minimum Gasteiger partial charge on any atom is -0.490 e. The Hall–Kier alpha value is -2.18. The number of hydrogen-bond donors (Lipinski definition) is 1. The van der Waals surface area contributed by atoms with Crippen molar-refractivity contribution in [1.29, 1.82) is 0 Å². The molecule has 7 nitrogen and oxygen atoms in total. The van der Waals surface area contributed by atoms with E-state index >= 15 is 0 Å². The Bertz CT molecular complexity index is 565. The maximum Gasteiger partial charge on any atom is 0.206 e. The fourth-order valence-corrected chi connectivity index (χ4v) is 1.82. The molecule has 7 heteroatoms. The molecule has 0 fully saturated rings. The van der Waals surface area contributed by atoms with E-state index in [4.69, 9.17) is 4.74 Å². The largest absolute Gasteiger partial charge is 0.490 e. The fraction of sp³-hybridized carbons (Fsp3) is 0.500. The molecule has 0 aliphatic heterocycles. The van der Waals surface area contributed by atoms with Gasteiger partial charge in [-0.1, -0.05) is 13.8 Å². The van der Waals surface area contributed by atoms with Crippen LogP contribution in [0.4, 0.5) is 5.82 Å². The van der Waals surface area contributed by atoms with E-state index in [1.54, 1.807) is 18.8 Å². The second-order valence-electron chi connectivity index (χ2n) is 3.89. The third-order valence-electron chi connectivity index (χ3n) is 2.78. The van der Waals surface area contributed by atoms with Gasteiger partial charge < -0.3 is 10.1 Å². The summed E-state index contributed by atoms with van der Waals surface area (Å²) in [6, 6.07) is 0. The van der Waals surface area contributed by atoms with Crippen molar-refractivity contribution in [1.82, 2.24) is 24.7 Å². The van der Waals surface area contributed by atoms with E-state index in [9.17, 15) is 0 Å². The average Bonchev–Trinajstić information content (AvgIpc) is 2.89. The van der Waals surface area contributed by atoms with E-state index in [0.717, 1.165) is 24.5 Å². The lowest BCUT2D eigenvalue weighted by Crippen LogP contribution is -2.09. The molecule has 19 heavy (non-hydrogen) atoms. The maximum absolute atomic E-state index is 5.39. The Morgan fingerprint density at radius 1 is 1.26 bits per heavy atom. The van der Waals surface area contributed by atoms with Crippen LogP contribution in [0.25, 0.3) is 5.82 Å². The molecule has 2 aromatic heterocycles. The summed E-state index contributed by atoms with van der Waals surface area (Å²) in [7, 11) is 3.38. The van der Waals surface area contributed by atoms with Crippen LogP contribution in [-0.2, 0) is 12.8 Å². The lowest BCUT2D eigenvalue weighted by molar-refractivity contribution is 0.408. The predicted molar refractivity (Wildman–Crippen MR) is 71.8 cm³/mol. The van der Waals surface area contributed by atoms with Gasteiger partial charge in [-0.2, -0.15) is 4.68 Å². The van der Waals surface area contributed by atoms with Gasteiger partial charge in [-0.15, -0.1) is 5.10 Å². The molecule has 0 atom stereocenters. The van der Waals surface area contributed by atoms with Crippen LogP contribution in [0.5, 0.6) is 5.75 Å². The van der Waals surface area contributed by atoms with Crippen LogP contribution in [0.3, 0.4) is 0 Å². The molecular weight excluding hydrogens is 244 g/mol. The Morgan fingerprint density at radius 3 is 2.63 bits per heavy atom. The Morgan fingerprint density at radius 2 is 2.05 bits per heavy atom. The molecule has 0 spiro atoms. The first kappa shape index (κ1) is 13.3. The number of hydrogen-bond acceptors (Lipinski definition) is 6. The molecule has 0 bridgehead atoms. The number of rotatable bonds is 5. The van der Waals surface area contributed by atoms with E-state index in [2.05, 4.69) is 25.4 Å².